The lowest BCUT2D eigenvalue weighted by Crippen LogP contribution is -2.35. The number of carboxylic acids is 1. The summed E-state index contributed by atoms with van der Waals surface area (Å²) in [6, 6.07) is 9.10. The first-order valence-corrected chi connectivity index (χ1v) is 6.55. The number of aromatic nitrogens is 2. The molecule has 5 nitrogen and oxygen atoms in total. The summed E-state index contributed by atoms with van der Waals surface area (Å²) in [7, 11) is 0. The van der Waals surface area contributed by atoms with Gasteiger partial charge in [0.05, 0.1) is 5.41 Å². The lowest BCUT2D eigenvalue weighted by Gasteiger charge is -2.23. The van der Waals surface area contributed by atoms with E-state index >= 15 is 0 Å². The fraction of sp³-hybridized carbons (Fsp3) is 0.400. The van der Waals surface area contributed by atoms with Crippen LogP contribution in [-0.4, -0.2) is 21.2 Å². The van der Waals surface area contributed by atoms with E-state index in [1.54, 1.807) is 19.1 Å². The van der Waals surface area contributed by atoms with Crippen LogP contribution in [0.25, 0.3) is 0 Å². The van der Waals surface area contributed by atoms with E-state index in [1.165, 1.54) is 0 Å². The molecule has 0 aliphatic rings. The van der Waals surface area contributed by atoms with Crippen molar-refractivity contribution in [1.29, 1.82) is 0 Å². The molecule has 0 aliphatic heterocycles. The molecular weight excluding hydrogens is 256 g/mol. The standard InChI is InChI=1S/C15H18N2O3/c1-10(2)13-16-12(20-17-13)9-15(3,14(18)19)11-7-5-4-6-8-11/h4-8,10H,9H2,1-3H3,(H,18,19). The molecule has 1 aromatic carbocycles. The Hall–Kier alpha value is -2.17. The summed E-state index contributed by atoms with van der Waals surface area (Å²) in [5.41, 5.74) is -0.362. The molecule has 5 heteroatoms. The zero-order valence-corrected chi connectivity index (χ0v) is 11.8. The lowest BCUT2D eigenvalue weighted by atomic mass is 9.79. The molecule has 0 amide bonds. The van der Waals surface area contributed by atoms with Crippen molar-refractivity contribution in [3.63, 3.8) is 0 Å². The maximum Gasteiger partial charge on any atom is 0.314 e. The minimum Gasteiger partial charge on any atom is -0.481 e. The summed E-state index contributed by atoms with van der Waals surface area (Å²) in [6.07, 6.45) is 0.173. The molecular formula is C15H18N2O3. The smallest absolute Gasteiger partial charge is 0.314 e. The van der Waals surface area contributed by atoms with E-state index in [1.807, 2.05) is 32.0 Å². The van der Waals surface area contributed by atoms with Crippen LogP contribution in [0.2, 0.25) is 0 Å². The molecule has 0 saturated heterocycles. The van der Waals surface area contributed by atoms with E-state index in [0.29, 0.717) is 11.7 Å². The minimum atomic E-state index is -1.08. The van der Waals surface area contributed by atoms with E-state index in [-0.39, 0.29) is 12.3 Å². The van der Waals surface area contributed by atoms with Crippen molar-refractivity contribution in [1.82, 2.24) is 10.1 Å². The number of rotatable bonds is 5. The normalized spacial score (nSPS) is 14.2. The fourth-order valence-corrected chi connectivity index (χ4v) is 1.98. The second-order valence-corrected chi connectivity index (χ2v) is 5.38. The number of nitrogens with zero attached hydrogens (tertiary/aromatic N) is 2. The first kappa shape index (κ1) is 14.2. The van der Waals surface area contributed by atoms with Crippen molar-refractivity contribution in [2.75, 3.05) is 0 Å². The van der Waals surface area contributed by atoms with Gasteiger partial charge in [-0.15, -0.1) is 0 Å². The van der Waals surface area contributed by atoms with Crippen LogP contribution in [0.3, 0.4) is 0 Å². The van der Waals surface area contributed by atoms with E-state index in [9.17, 15) is 9.90 Å². The first-order chi connectivity index (χ1) is 9.43. The summed E-state index contributed by atoms with van der Waals surface area (Å²) in [5.74, 6) is 0.191. The van der Waals surface area contributed by atoms with Crippen molar-refractivity contribution >= 4 is 5.97 Å². The third-order valence-corrected chi connectivity index (χ3v) is 3.39. The van der Waals surface area contributed by atoms with Gasteiger partial charge < -0.3 is 9.63 Å². The number of aliphatic carboxylic acids is 1. The predicted molar refractivity (Wildman–Crippen MR) is 73.5 cm³/mol. The Bertz CT molecular complexity index is 592. The highest BCUT2D eigenvalue weighted by Crippen LogP contribution is 2.28. The van der Waals surface area contributed by atoms with Gasteiger partial charge in [0.15, 0.2) is 5.82 Å². The average Bonchev–Trinajstić information content (AvgIpc) is 2.88. The topological polar surface area (TPSA) is 76.2 Å². The van der Waals surface area contributed by atoms with E-state index < -0.39 is 11.4 Å². The summed E-state index contributed by atoms with van der Waals surface area (Å²) < 4.78 is 5.17. The molecule has 2 rings (SSSR count). The largest absolute Gasteiger partial charge is 0.481 e. The molecule has 1 N–H and O–H groups in total. The maximum atomic E-state index is 11.7. The summed E-state index contributed by atoms with van der Waals surface area (Å²) >= 11 is 0. The van der Waals surface area contributed by atoms with Crippen molar-refractivity contribution in [3.05, 3.63) is 47.6 Å². The Morgan fingerprint density at radius 1 is 1.35 bits per heavy atom. The molecule has 1 heterocycles. The number of carbonyl (C=O) groups is 1. The third-order valence-electron chi connectivity index (χ3n) is 3.39. The van der Waals surface area contributed by atoms with Gasteiger partial charge in [-0.2, -0.15) is 4.98 Å². The van der Waals surface area contributed by atoms with E-state index in [0.717, 1.165) is 5.56 Å². The van der Waals surface area contributed by atoms with Crippen LogP contribution in [0.15, 0.2) is 34.9 Å². The van der Waals surface area contributed by atoms with Gasteiger partial charge in [-0.05, 0) is 12.5 Å². The Morgan fingerprint density at radius 3 is 2.50 bits per heavy atom. The molecule has 2 aromatic rings. The zero-order chi connectivity index (χ0) is 14.8. The Morgan fingerprint density at radius 2 is 2.00 bits per heavy atom. The molecule has 0 aliphatic carbocycles. The second kappa shape index (κ2) is 5.45. The third kappa shape index (κ3) is 2.71. The second-order valence-electron chi connectivity index (χ2n) is 5.38. The minimum absolute atomic E-state index is 0.153. The van der Waals surface area contributed by atoms with Gasteiger partial charge in [-0.1, -0.05) is 49.3 Å². The summed E-state index contributed by atoms with van der Waals surface area (Å²) in [6.45, 7) is 5.59. The molecule has 0 saturated carbocycles. The number of benzene rings is 1. The van der Waals surface area contributed by atoms with Gasteiger partial charge in [-0.25, -0.2) is 0 Å². The van der Waals surface area contributed by atoms with Gasteiger partial charge in [-0.3, -0.25) is 4.79 Å². The van der Waals surface area contributed by atoms with Crippen LogP contribution in [0, 0.1) is 0 Å². The van der Waals surface area contributed by atoms with Crippen LogP contribution in [0.4, 0.5) is 0 Å². The van der Waals surface area contributed by atoms with Crippen molar-refractivity contribution in [2.24, 2.45) is 0 Å². The molecule has 0 spiro atoms. The molecule has 0 bridgehead atoms. The van der Waals surface area contributed by atoms with Crippen molar-refractivity contribution in [2.45, 2.75) is 38.5 Å². The Balaban J connectivity index is 2.32. The molecule has 20 heavy (non-hydrogen) atoms. The molecule has 106 valence electrons. The van der Waals surface area contributed by atoms with Crippen LogP contribution >= 0.6 is 0 Å². The van der Waals surface area contributed by atoms with Crippen molar-refractivity contribution < 1.29 is 14.4 Å². The Labute approximate surface area is 117 Å². The van der Waals surface area contributed by atoms with E-state index in [2.05, 4.69) is 10.1 Å². The highest BCUT2D eigenvalue weighted by Gasteiger charge is 2.37. The highest BCUT2D eigenvalue weighted by molar-refractivity contribution is 5.81. The number of hydrogen-bond acceptors (Lipinski definition) is 4. The zero-order valence-electron chi connectivity index (χ0n) is 11.8. The fourth-order valence-electron chi connectivity index (χ4n) is 1.98. The number of carboxylic acid groups (broad SMARTS) is 1. The summed E-state index contributed by atoms with van der Waals surface area (Å²) in [4.78, 5) is 15.9. The van der Waals surface area contributed by atoms with Crippen LogP contribution in [0.5, 0.6) is 0 Å². The number of hydrogen-bond donors (Lipinski definition) is 1. The molecule has 1 atom stereocenters. The monoisotopic (exact) mass is 274 g/mol. The predicted octanol–water partition coefficient (Wildman–Crippen LogP) is 2.78. The Kier molecular flexibility index (Phi) is 3.88. The molecule has 1 unspecified atom stereocenters. The quantitative estimate of drug-likeness (QED) is 0.907. The molecule has 1 aromatic heterocycles. The van der Waals surface area contributed by atoms with Crippen LogP contribution < -0.4 is 0 Å². The van der Waals surface area contributed by atoms with Gasteiger partial charge in [0.25, 0.3) is 0 Å². The maximum absolute atomic E-state index is 11.7. The molecule has 0 fully saturated rings. The molecule has 0 radical (unpaired) electrons. The van der Waals surface area contributed by atoms with Crippen LogP contribution in [-0.2, 0) is 16.6 Å². The van der Waals surface area contributed by atoms with Crippen molar-refractivity contribution in [3.8, 4) is 0 Å². The first-order valence-electron chi connectivity index (χ1n) is 6.55. The summed E-state index contributed by atoms with van der Waals surface area (Å²) in [5, 5.41) is 13.4. The lowest BCUT2D eigenvalue weighted by molar-refractivity contribution is -0.143. The SMILES string of the molecule is CC(C)c1noc(CC(C)(C(=O)O)c2ccccc2)n1. The van der Waals surface area contributed by atoms with Gasteiger partial charge >= 0.3 is 5.97 Å². The van der Waals surface area contributed by atoms with E-state index in [4.69, 9.17) is 4.52 Å². The average molecular weight is 274 g/mol. The van der Waals surface area contributed by atoms with Gasteiger partial charge in [0.1, 0.15) is 0 Å². The van der Waals surface area contributed by atoms with Gasteiger partial charge in [0.2, 0.25) is 5.89 Å². The highest BCUT2D eigenvalue weighted by atomic mass is 16.5. The van der Waals surface area contributed by atoms with Gasteiger partial charge in [0, 0.05) is 12.3 Å². The van der Waals surface area contributed by atoms with Crippen LogP contribution in [0.1, 0.15) is 44.0 Å².